The van der Waals surface area contributed by atoms with Crippen molar-refractivity contribution >= 4 is 88.9 Å². The third-order valence-electron chi connectivity index (χ3n) is 6.26. The van der Waals surface area contributed by atoms with E-state index in [9.17, 15) is 19.2 Å². The number of ketones is 1. The molecule has 9 nitrogen and oxygen atoms in total. The molecule has 3 N–H and O–H groups in total. The van der Waals surface area contributed by atoms with E-state index in [2.05, 4.69) is 92.8 Å². The first-order chi connectivity index (χ1) is 30.5. The van der Waals surface area contributed by atoms with Crippen molar-refractivity contribution < 1.29 is 23.9 Å². The number of rotatable bonds is 7. The van der Waals surface area contributed by atoms with Crippen molar-refractivity contribution in [1.82, 2.24) is 4.98 Å². The van der Waals surface area contributed by atoms with Gasteiger partial charge < -0.3 is 20.2 Å². The number of benzene rings is 3. The number of nitrogen functional groups attached to an aromatic ring is 1. The number of nitrogens with zero attached hydrogens (tertiary/aromatic N) is 1. The zero-order valence-electron chi connectivity index (χ0n) is 37.7. The van der Waals surface area contributed by atoms with Crippen LogP contribution >= 0.6 is 34.8 Å². The van der Waals surface area contributed by atoms with Crippen molar-refractivity contribution in [3.05, 3.63) is 123 Å². The molecular formula is C52H52BCl3N3O6. The molecule has 3 radical (unpaired) electrons. The summed E-state index contributed by atoms with van der Waals surface area (Å²) in [7, 11) is 0. The van der Waals surface area contributed by atoms with E-state index >= 15 is 0 Å². The van der Waals surface area contributed by atoms with E-state index in [0.29, 0.717) is 62.7 Å². The minimum atomic E-state index is -0.440. The Kier molecular flexibility index (Phi) is 43.0. The number of halogens is 3. The molecule has 0 spiro atoms. The third kappa shape index (κ3) is 37.1. The Bertz CT molecular complexity index is 2530. The zero-order chi connectivity index (χ0) is 49.1. The van der Waals surface area contributed by atoms with Gasteiger partial charge in [-0.25, -0.2) is 0 Å². The molecule has 0 aliphatic rings. The monoisotopic (exact) mass is 930 g/mol. The predicted octanol–water partition coefficient (Wildman–Crippen LogP) is 10.6. The highest BCUT2D eigenvalue weighted by atomic mass is 35.5. The van der Waals surface area contributed by atoms with Gasteiger partial charge in [-0.3, -0.25) is 24.2 Å². The lowest BCUT2D eigenvalue weighted by molar-refractivity contribution is -0.145. The van der Waals surface area contributed by atoms with Crippen LogP contribution in [0.5, 0.6) is 0 Å². The number of H-pyrrole nitrogens is 1. The fourth-order valence-corrected chi connectivity index (χ4v) is 4.35. The predicted molar refractivity (Wildman–Crippen MR) is 273 cm³/mol. The average molecular weight is 932 g/mol. The van der Waals surface area contributed by atoms with Crippen molar-refractivity contribution in [2.75, 3.05) is 18.9 Å². The highest BCUT2D eigenvalue weighted by Gasteiger charge is 2.06. The molecule has 335 valence electrons. The number of carbonyl (C=O) groups excluding carboxylic acids is 3. The van der Waals surface area contributed by atoms with Crippen LogP contribution in [0.4, 0.5) is 11.4 Å². The van der Waals surface area contributed by atoms with Crippen LogP contribution < -0.4 is 11.2 Å². The zero-order valence-corrected chi connectivity index (χ0v) is 40.0. The van der Waals surface area contributed by atoms with Gasteiger partial charge in [0.25, 0.3) is 0 Å². The molecule has 13 heteroatoms. The van der Waals surface area contributed by atoms with E-state index < -0.39 is 5.97 Å². The highest BCUT2D eigenvalue weighted by Crippen LogP contribution is 2.24. The minimum absolute atomic E-state index is 0. The van der Waals surface area contributed by atoms with Gasteiger partial charge in [-0.1, -0.05) is 96.1 Å². The SMILES string of the molecule is C#CC#CC#C.C=C=C.CC#CC#CCC#CC.CCOC(=O)CC(C)=Nc1ccccc1Cl.CCOC(=O)CC(C)=O.Cc1cc(=O)c2cccc(Cl)c2[nH]1.Nc1ccccc1Cl.[B]. The van der Waals surface area contributed by atoms with Gasteiger partial charge in [0.05, 0.1) is 58.0 Å². The van der Waals surface area contributed by atoms with Crippen LogP contribution in [-0.4, -0.2) is 50.0 Å². The number of carbonyl (C=O) groups is 3. The summed E-state index contributed by atoms with van der Waals surface area (Å²) in [4.78, 5) is 50.6. The number of aromatic amines is 1. The van der Waals surface area contributed by atoms with Gasteiger partial charge in [0.15, 0.2) is 5.43 Å². The van der Waals surface area contributed by atoms with Crippen LogP contribution in [0.2, 0.25) is 15.1 Å². The second-order valence-electron chi connectivity index (χ2n) is 11.5. The van der Waals surface area contributed by atoms with Crippen LogP contribution in [0.15, 0.2) is 101 Å². The van der Waals surface area contributed by atoms with Gasteiger partial charge in [-0.05, 0) is 120 Å². The number of aryl methyl sites for hydroxylation is 1. The molecular weight excluding hydrogens is 880 g/mol. The largest absolute Gasteiger partial charge is 0.466 e. The number of anilines is 1. The number of aromatic nitrogens is 1. The Morgan fingerprint density at radius 3 is 1.74 bits per heavy atom. The number of nitrogens with one attached hydrogen (secondary N) is 1. The van der Waals surface area contributed by atoms with E-state index in [-0.39, 0.29) is 38.4 Å². The van der Waals surface area contributed by atoms with Crippen molar-refractivity contribution in [3.63, 3.8) is 0 Å². The Balaban J connectivity index is -0.000000347. The number of fused-ring (bicyclic) bond motifs is 1. The van der Waals surface area contributed by atoms with Crippen molar-refractivity contribution in [3.8, 4) is 72.1 Å². The lowest BCUT2D eigenvalue weighted by atomic mass is 10.2. The second-order valence-corrected chi connectivity index (χ2v) is 12.8. The summed E-state index contributed by atoms with van der Waals surface area (Å²) < 4.78 is 9.32. The smallest absolute Gasteiger partial charge is 0.313 e. The molecule has 4 aromatic rings. The number of pyridine rings is 1. The maximum absolute atomic E-state index is 11.5. The number of para-hydroxylation sites is 3. The molecule has 0 aliphatic carbocycles. The number of ether oxygens (including phenoxy) is 2. The molecule has 0 unspecified atom stereocenters. The minimum Gasteiger partial charge on any atom is -0.466 e. The quantitative estimate of drug-likeness (QED) is 0.0358. The van der Waals surface area contributed by atoms with Crippen molar-refractivity contribution in [2.24, 2.45) is 4.99 Å². The number of hydrogen-bond donors (Lipinski definition) is 2. The molecule has 1 aromatic heterocycles. The summed E-state index contributed by atoms with van der Waals surface area (Å²) in [6.45, 7) is 19.0. The summed E-state index contributed by atoms with van der Waals surface area (Å²) in [5, 5.41) is 2.41. The molecule has 65 heavy (non-hydrogen) atoms. The molecule has 0 saturated carbocycles. The lowest BCUT2D eigenvalue weighted by Crippen LogP contribution is -2.08. The molecule has 0 saturated heterocycles. The molecule has 1 heterocycles. The maximum atomic E-state index is 11.5. The third-order valence-corrected chi connectivity index (χ3v) is 7.24. The lowest BCUT2D eigenvalue weighted by Gasteiger charge is -2.02. The molecule has 3 aromatic carbocycles. The fraction of sp³-hybridized carbons (Fsp3) is 0.231. The standard InChI is InChI=1S/C12H14ClNO2.C10H8ClNO.C9H8.C6H6ClN.C6H10O3.C6H2.C3H4.B/c1-3-16-12(15)8-9(2)14-11-7-5-4-6-10(11)13;1-6-5-9(13)7-3-2-4-8(11)10(7)12-6;1-3-5-7-9-8-6-4-2;7-5-3-1-2-4-6(5)8;1-3-9-6(8)4-5(2)7;1-3-5-6-4-2;1-3-2;/h4-7H,3,8H2,1-2H3;2-5H,1H3,(H,12,13);7H2,1-2H3;1-4H,8H2;3-4H2,1-2H3;1-2H;1-2H2;. The van der Waals surface area contributed by atoms with Crippen LogP contribution in [0.1, 0.15) is 66.5 Å². The fourth-order valence-electron chi connectivity index (χ4n) is 3.82. The molecule has 0 bridgehead atoms. The van der Waals surface area contributed by atoms with Crippen molar-refractivity contribution in [2.45, 2.75) is 67.7 Å². The van der Waals surface area contributed by atoms with Gasteiger partial charge in [0.1, 0.15) is 12.2 Å². The summed E-state index contributed by atoms with van der Waals surface area (Å²) in [5.41, 5.74) is 11.2. The van der Waals surface area contributed by atoms with Gasteiger partial charge in [0, 0.05) is 31.3 Å². The Morgan fingerprint density at radius 2 is 1.28 bits per heavy atom. The molecule has 0 fully saturated rings. The van der Waals surface area contributed by atoms with Gasteiger partial charge in [-0.2, -0.15) is 0 Å². The average Bonchev–Trinajstić information content (AvgIpc) is 3.24. The van der Waals surface area contributed by atoms with E-state index in [1.807, 2.05) is 31.2 Å². The summed E-state index contributed by atoms with van der Waals surface area (Å²) >= 11 is 17.5. The first-order valence-electron chi connectivity index (χ1n) is 18.9. The topological polar surface area (TPSA) is 141 Å². The number of Topliss-reactive ketones (excluding diaryl/α,β-unsaturated/α-hetero) is 1. The number of aliphatic imine (C=N–C) groups is 1. The first kappa shape index (κ1) is 64.4. The number of nitrogens with two attached hydrogens (primary N) is 1. The molecule has 0 amide bonds. The van der Waals surface area contributed by atoms with Gasteiger partial charge >= 0.3 is 11.9 Å². The van der Waals surface area contributed by atoms with E-state index in [1.54, 1.807) is 83.1 Å². The van der Waals surface area contributed by atoms with E-state index in [0.717, 1.165) is 5.69 Å². The number of esters is 2. The molecule has 0 atom stereocenters. The highest BCUT2D eigenvalue weighted by molar-refractivity contribution is 6.35. The Labute approximate surface area is 402 Å². The Hall–Kier alpha value is -7.24. The maximum Gasteiger partial charge on any atom is 0.313 e. The molecule has 4 rings (SSSR count). The van der Waals surface area contributed by atoms with Crippen LogP contribution in [0.3, 0.4) is 0 Å². The summed E-state index contributed by atoms with van der Waals surface area (Å²) in [5.74, 6) is 24.0. The van der Waals surface area contributed by atoms with E-state index in [4.69, 9.17) is 58.1 Å². The number of hydrogen-bond acceptors (Lipinski definition) is 8. The molecule has 0 aliphatic heterocycles. The summed E-state index contributed by atoms with van der Waals surface area (Å²) in [6, 6.07) is 21.3. The normalized spacial score (nSPS) is 8.28. The van der Waals surface area contributed by atoms with E-state index in [1.165, 1.54) is 6.92 Å². The van der Waals surface area contributed by atoms with Crippen LogP contribution in [0, 0.1) is 79.0 Å². The number of terminal acetylenes is 2. The van der Waals surface area contributed by atoms with Gasteiger partial charge in [-0.15, -0.1) is 24.5 Å². The second kappa shape index (κ2) is 43.4. The Morgan fingerprint density at radius 1 is 0.754 bits per heavy atom. The van der Waals surface area contributed by atoms with Crippen LogP contribution in [0.25, 0.3) is 10.9 Å². The van der Waals surface area contributed by atoms with Crippen LogP contribution in [-0.2, 0) is 23.9 Å². The summed E-state index contributed by atoms with van der Waals surface area (Å²) in [6.07, 6.45) is 10.1. The first-order valence-corrected chi connectivity index (χ1v) is 20.0. The van der Waals surface area contributed by atoms with Crippen molar-refractivity contribution in [1.29, 1.82) is 0 Å². The van der Waals surface area contributed by atoms with Gasteiger partial charge in [0.2, 0.25) is 0 Å².